The number of pyridine rings is 1. The Kier molecular flexibility index (Phi) is 6.73. The molecule has 1 unspecified atom stereocenters. The van der Waals surface area contributed by atoms with Crippen LogP contribution in [-0.2, 0) is 11.3 Å². The zero-order chi connectivity index (χ0) is 23.5. The number of ether oxygens (including phenoxy) is 1. The molecule has 3 heterocycles. The summed E-state index contributed by atoms with van der Waals surface area (Å²) in [5, 5.41) is 11.4. The first kappa shape index (κ1) is 22.7. The third-order valence-electron chi connectivity index (χ3n) is 6.82. The first-order chi connectivity index (χ1) is 16.6. The van der Waals surface area contributed by atoms with Crippen LogP contribution < -0.4 is 15.6 Å². The smallest absolute Gasteiger partial charge is 0.248 e. The Balaban J connectivity index is 1.21. The third kappa shape index (κ3) is 5.05. The van der Waals surface area contributed by atoms with Gasteiger partial charge in [0.1, 0.15) is 12.4 Å². The van der Waals surface area contributed by atoms with Crippen LogP contribution >= 0.6 is 0 Å². The Bertz CT molecular complexity index is 1150. The molecule has 1 aromatic heterocycles. The van der Waals surface area contributed by atoms with Gasteiger partial charge in [-0.3, -0.25) is 20.5 Å². The molecule has 2 saturated heterocycles. The molecule has 0 radical (unpaired) electrons. The first-order valence-electron chi connectivity index (χ1n) is 11.8. The minimum absolute atomic E-state index is 0.161. The fraction of sp³-hybridized carbons (Fsp3) is 0.385. The summed E-state index contributed by atoms with van der Waals surface area (Å²) in [6.07, 6.45) is 3.85. The topological polar surface area (TPSA) is 90.0 Å². The maximum Gasteiger partial charge on any atom is 0.248 e. The lowest BCUT2D eigenvalue weighted by molar-refractivity contribution is -0.134. The van der Waals surface area contributed by atoms with E-state index in [1.807, 2.05) is 24.4 Å². The number of fused-ring (bicyclic) bond motifs is 1. The number of hydrogen-bond donors (Lipinski definition) is 3. The number of hydrogen-bond acceptors (Lipinski definition) is 7. The molecule has 2 aliphatic rings. The molecule has 0 aliphatic carbocycles. The second kappa shape index (κ2) is 10.1. The van der Waals surface area contributed by atoms with E-state index in [0.717, 1.165) is 61.1 Å². The Labute approximate surface area is 199 Å². The van der Waals surface area contributed by atoms with Crippen molar-refractivity contribution in [3.63, 3.8) is 0 Å². The van der Waals surface area contributed by atoms with Crippen molar-refractivity contribution in [1.82, 2.24) is 25.6 Å². The summed E-state index contributed by atoms with van der Waals surface area (Å²) in [5.74, 6) is 1.13. The highest BCUT2D eigenvalue weighted by atomic mass is 16.5. The molecule has 8 heteroatoms. The molecule has 178 valence electrons. The monoisotopic (exact) mass is 461 g/mol. The summed E-state index contributed by atoms with van der Waals surface area (Å²) in [7, 11) is 1.77. The average Bonchev–Trinajstić information content (AvgIpc) is 3.56. The van der Waals surface area contributed by atoms with E-state index in [2.05, 4.69) is 51.1 Å². The van der Waals surface area contributed by atoms with Crippen LogP contribution in [0.5, 0.6) is 11.6 Å². The van der Waals surface area contributed by atoms with Crippen LogP contribution in [0.4, 0.5) is 0 Å². The van der Waals surface area contributed by atoms with Gasteiger partial charge in [-0.1, -0.05) is 24.3 Å². The number of hydrazine groups is 1. The SMILES string of the molecule is CN(C(=O)CO)[C@H]1CCN(Cc2ccc3cc(Oc4ccc(C5CCNN5)cn4)ccc3c2)C1. The lowest BCUT2D eigenvalue weighted by atomic mass is 10.1. The maximum atomic E-state index is 11.8. The molecule has 1 amide bonds. The number of likely N-dealkylation sites (tertiary alicyclic amines) is 1. The number of carbonyl (C=O) groups excluding carboxylic acids is 1. The molecular formula is C26H31N5O3. The second-order valence-electron chi connectivity index (χ2n) is 9.13. The maximum absolute atomic E-state index is 11.8. The highest BCUT2D eigenvalue weighted by molar-refractivity contribution is 5.84. The fourth-order valence-electron chi connectivity index (χ4n) is 4.79. The molecule has 34 heavy (non-hydrogen) atoms. The summed E-state index contributed by atoms with van der Waals surface area (Å²) < 4.78 is 6.00. The van der Waals surface area contributed by atoms with Crippen molar-refractivity contribution >= 4 is 16.7 Å². The van der Waals surface area contributed by atoms with Gasteiger partial charge in [-0.25, -0.2) is 4.98 Å². The highest BCUT2D eigenvalue weighted by Crippen LogP contribution is 2.27. The summed E-state index contributed by atoms with van der Waals surface area (Å²) in [6, 6.07) is 17.0. The van der Waals surface area contributed by atoms with Gasteiger partial charge in [0.15, 0.2) is 0 Å². The molecule has 0 bridgehead atoms. The number of likely N-dealkylation sites (N-methyl/N-ethyl adjacent to an activating group) is 1. The Morgan fingerprint density at radius 2 is 2.03 bits per heavy atom. The number of aromatic nitrogens is 1. The third-order valence-corrected chi connectivity index (χ3v) is 6.82. The predicted octanol–water partition coefficient (Wildman–Crippen LogP) is 2.59. The molecule has 2 aromatic carbocycles. The van der Waals surface area contributed by atoms with Crippen LogP contribution in [0.1, 0.15) is 30.0 Å². The van der Waals surface area contributed by atoms with Crippen LogP contribution in [0.2, 0.25) is 0 Å². The van der Waals surface area contributed by atoms with E-state index in [9.17, 15) is 4.79 Å². The lowest BCUT2D eigenvalue weighted by Crippen LogP contribution is -2.40. The first-order valence-corrected chi connectivity index (χ1v) is 11.8. The molecule has 8 nitrogen and oxygen atoms in total. The number of nitrogens with zero attached hydrogens (tertiary/aromatic N) is 3. The van der Waals surface area contributed by atoms with Gasteiger partial charge in [-0.15, -0.1) is 0 Å². The van der Waals surface area contributed by atoms with E-state index in [4.69, 9.17) is 9.84 Å². The van der Waals surface area contributed by atoms with E-state index in [0.29, 0.717) is 11.9 Å². The van der Waals surface area contributed by atoms with Gasteiger partial charge in [0.05, 0.1) is 0 Å². The molecule has 2 aliphatic heterocycles. The van der Waals surface area contributed by atoms with Crippen molar-refractivity contribution in [2.24, 2.45) is 0 Å². The second-order valence-corrected chi connectivity index (χ2v) is 9.13. The van der Waals surface area contributed by atoms with Crippen LogP contribution in [0, 0.1) is 0 Å². The van der Waals surface area contributed by atoms with Gasteiger partial charge in [0, 0.05) is 57.6 Å². The normalized spacial score (nSPS) is 20.6. The van der Waals surface area contributed by atoms with E-state index >= 15 is 0 Å². The Morgan fingerprint density at radius 1 is 1.18 bits per heavy atom. The van der Waals surface area contributed by atoms with Crippen LogP contribution in [0.25, 0.3) is 10.8 Å². The van der Waals surface area contributed by atoms with Gasteiger partial charge in [0.25, 0.3) is 0 Å². The van der Waals surface area contributed by atoms with Crippen molar-refractivity contribution in [3.05, 3.63) is 65.9 Å². The zero-order valence-corrected chi connectivity index (χ0v) is 19.4. The van der Waals surface area contributed by atoms with E-state index < -0.39 is 6.61 Å². The van der Waals surface area contributed by atoms with Crippen LogP contribution in [-0.4, -0.2) is 65.1 Å². The molecule has 0 spiro atoms. The number of carbonyl (C=O) groups is 1. The summed E-state index contributed by atoms with van der Waals surface area (Å²) in [4.78, 5) is 20.3. The predicted molar refractivity (Wildman–Crippen MR) is 130 cm³/mol. The Morgan fingerprint density at radius 3 is 2.79 bits per heavy atom. The summed E-state index contributed by atoms with van der Waals surface area (Å²) >= 11 is 0. The van der Waals surface area contributed by atoms with Gasteiger partial charge in [0.2, 0.25) is 11.8 Å². The van der Waals surface area contributed by atoms with Crippen molar-refractivity contribution in [2.45, 2.75) is 31.5 Å². The summed E-state index contributed by atoms with van der Waals surface area (Å²) in [5.41, 5.74) is 8.78. The number of rotatable bonds is 7. The molecule has 3 N–H and O–H groups in total. The molecule has 5 rings (SSSR count). The van der Waals surface area contributed by atoms with Gasteiger partial charge < -0.3 is 14.7 Å². The van der Waals surface area contributed by atoms with Gasteiger partial charge in [-0.2, -0.15) is 0 Å². The average molecular weight is 462 g/mol. The number of benzene rings is 2. The van der Waals surface area contributed by atoms with Crippen molar-refractivity contribution < 1.29 is 14.6 Å². The minimum atomic E-state index is -0.430. The van der Waals surface area contributed by atoms with E-state index in [1.54, 1.807) is 11.9 Å². The summed E-state index contributed by atoms with van der Waals surface area (Å²) in [6.45, 7) is 3.14. The standard InChI is InChI=1S/C26H31N5O3/c1-30(26(33)17-32)22-9-11-31(16-22)15-18-2-3-20-13-23(6-4-19(20)12-18)34-25-7-5-21(14-27-25)24-8-10-28-29-24/h2-7,12-14,22,24,28-29,32H,8-11,15-17H2,1H3/t22-,24?/m0/s1. The number of amides is 1. The van der Waals surface area contributed by atoms with E-state index in [1.165, 1.54) is 5.56 Å². The quantitative estimate of drug-likeness (QED) is 0.498. The van der Waals surface area contributed by atoms with Gasteiger partial charge in [-0.05, 0) is 52.9 Å². The van der Waals surface area contributed by atoms with Crippen molar-refractivity contribution in [3.8, 4) is 11.6 Å². The van der Waals surface area contributed by atoms with E-state index in [-0.39, 0.29) is 11.9 Å². The Hall–Kier alpha value is -3.04. The van der Waals surface area contributed by atoms with Gasteiger partial charge >= 0.3 is 0 Å². The zero-order valence-electron chi connectivity index (χ0n) is 19.4. The molecule has 2 fully saturated rings. The largest absolute Gasteiger partial charge is 0.439 e. The molecular weight excluding hydrogens is 430 g/mol. The minimum Gasteiger partial charge on any atom is -0.439 e. The van der Waals surface area contributed by atoms with Crippen LogP contribution in [0.15, 0.2) is 54.7 Å². The molecule has 3 aromatic rings. The van der Waals surface area contributed by atoms with Crippen LogP contribution in [0.3, 0.4) is 0 Å². The van der Waals surface area contributed by atoms with Crippen molar-refractivity contribution in [2.75, 3.05) is 33.3 Å². The number of nitrogens with one attached hydrogen (secondary N) is 2. The number of aliphatic hydroxyl groups excluding tert-OH is 1. The lowest BCUT2D eigenvalue weighted by Gasteiger charge is -2.24. The van der Waals surface area contributed by atoms with Crippen molar-refractivity contribution in [1.29, 1.82) is 0 Å². The highest BCUT2D eigenvalue weighted by Gasteiger charge is 2.28. The number of aliphatic hydroxyl groups is 1. The fourth-order valence-corrected chi connectivity index (χ4v) is 4.79. The molecule has 0 saturated carbocycles. The molecule has 2 atom stereocenters.